The lowest BCUT2D eigenvalue weighted by Crippen LogP contribution is -2.31. The fraction of sp³-hybridized carbons (Fsp3) is 0.0400. The molecule has 0 heterocycles. The molecular formula is C50H38O3. The van der Waals surface area contributed by atoms with E-state index in [1.54, 1.807) is 36.4 Å². The standard InChI is InChI=1S/C50H38O3/c51-46-30-24-43(25-31-46)49(38-10-4-1-5-11-38,39-12-6-2-7-13-39)41-20-16-36(17-21-41)37-18-22-42(23-19-37)50(40-14-8-3-9-15-40,44-26-32-47(52)33-27-44)45-28-34-48(53)35-29-45/h1-35,51-53H. The Kier molecular flexibility index (Phi) is 8.83. The number of hydrogen-bond acceptors (Lipinski definition) is 3. The summed E-state index contributed by atoms with van der Waals surface area (Å²) in [6.07, 6.45) is 0. The molecule has 0 atom stereocenters. The zero-order chi connectivity index (χ0) is 36.3. The average Bonchev–Trinajstić information content (AvgIpc) is 3.22. The topological polar surface area (TPSA) is 60.7 Å². The molecule has 0 fully saturated rings. The van der Waals surface area contributed by atoms with Gasteiger partial charge in [-0.25, -0.2) is 0 Å². The maximum atomic E-state index is 10.3. The van der Waals surface area contributed by atoms with Crippen molar-refractivity contribution in [2.45, 2.75) is 10.8 Å². The van der Waals surface area contributed by atoms with Gasteiger partial charge in [-0.15, -0.1) is 0 Å². The van der Waals surface area contributed by atoms with Gasteiger partial charge in [0.15, 0.2) is 0 Å². The first-order valence-corrected chi connectivity index (χ1v) is 17.8. The van der Waals surface area contributed by atoms with Crippen LogP contribution in [-0.4, -0.2) is 15.3 Å². The Morgan fingerprint density at radius 3 is 0.623 bits per heavy atom. The molecule has 0 spiro atoms. The van der Waals surface area contributed by atoms with E-state index in [2.05, 4.69) is 109 Å². The highest BCUT2D eigenvalue weighted by Gasteiger charge is 2.40. The molecule has 3 heteroatoms. The molecule has 0 saturated heterocycles. The van der Waals surface area contributed by atoms with Gasteiger partial charge in [-0.3, -0.25) is 0 Å². The summed E-state index contributed by atoms with van der Waals surface area (Å²) in [5.41, 5.74) is 9.38. The van der Waals surface area contributed by atoms with E-state index in [0.717, 1.165) is 55.6 Å². The SMILES string of the molecule is Oc1ccc(C(c2ccccc2)(c2ccccc2)c2ccc(-c3ccc(C(c4ccccc4)(c4ccc(O)cc4)c4ccc(O)cc4)cc3)cc2)cc1. The van der Waals surface area contributed by atoms with E-state index in [1.807, 2.05) is 66.7 Å². The number of rotatable bonds is 9. The van der Waals surface area contributed by atoms with Crippen LogP contribution in [0.15, 0.2) is 212 Å². The maximum absolute atomic E-state index is 10.3. The van der Waals surface area contributed by atoms with E-state index in [9.17, 15) is 15.3 Å². The third kappa shape index (κ3) is 5.92. The molecule has 0 aliphatic rings. The molecule has 3 nitrogen and oxygen atoms in total. The van der Waals surface area contributed by atoms with Crippen molar-refractivity contribution in [1.82, 2.24) is 0 Å². The summed E-state index contributed by atoms with van der Waals surface area (Å²) in [5, 5.41) is 30.8. The first-order chi connectivity index (χ1) is 26.0. The van der Waals surface area contributed by atoms with Gasteiger partial charge in [0, 0.05) is 0 Å². The van der Waals surface area contributed by atoms with Crippen molar-refractivity contribution in [2.75, 3.05) is 0 Å². The Labute approximate surface area is 310 Å². The zero-order valence-corrected chi connectivity index (χ0v) is 29.0. The van der Waals surface area contributed by atoms with E-state index in [1.165, 1.54) is 0 Å². The van der Waals surface area contributed by atoms with Gasteiger partial charge in [0.05, 0.1) is 10.8 Å². The van der Waals surface area contributed by atoms with Crippen LogP contribution < -0.4 is 0 Å². The summed E-state index contributed by atoms with van der Waals surface area (Å²) in [5.74, 6) is 0.637. The number of phenolic OH excluding ortho intramolecular Hbond substituents is 3. The predicted octanol–water partition coefficient (Wildman–Crippen LogP) is 11.2. The minimum absolute atomic E-state index is 0.203. The molecule has 0 saturated carbocycles. The van der Waals surface area contributed by atoms with Crippen LogP contribution in [0.3, 0.4) is 0 Å². The lowest BCUT2D eigenvalue weighted by atomic mass is 9.64. The largest absolute Gasteiger partial charge is 0.508 e. The quantitative estimate of drug-likeness (QED) is 0.132. The lowest BCUT2D eigenvalue weighted by molar-refractivity contribution is 0.474. The predicted molar refractivity (Wildman–Crippen MR) is 213 cm³/mol. The summed E-state index contributed by atoms with van der Waals surface area (Å²) in [4.78, 5) is 0. The van der Waals surface area contributed by atoms with Crippen LogP contribution in [0.1, 0.15) is 44.5 Å². The third-order valence-electron chi connectivity index (χ3n) is 10.5. The van der Waals surface area contributed by atoms with Crippen LogP contribution in [-0.2, 0) is 10.8 Å². The van der Waals surface area contributed by atoms with E-state index in [0.29, 0.717) is 0 Å². The Morgan fingerprint density at radius 2 is 0.396 bits per heavy atom. The third-order valence-corrected chi connectivity index (χ3v) is 10.5. The van der Waals surface area contributed by atoms with Crippen LogP contribution in [0.2, 0.25) is 0 Å². The summed E-state index contributed by atoms with van der Waals surface area (Å²) in [7, 11) is 0. The van der Waals surface area contributed by atoms with Gasteiger partial charge in [0.25, 0.3) is 0 Å². The highest BCUT2D eigenvalue weighted by Crippen LogP contribution is 2.48. The second-order valence-electron chi connectivity index (χ2n) is 13.4. The van der Waals surface area contributed by atoms with Gasteiger partial charge >= 0.3 is 0 Å². The van der Waals surface area contributed by atoms with Gasteiger partial charge in [-0.05, 0) is 92.0 Å². The molecule has 0 bridgehead atoms. The minimum Gasteiger partial charge on any atom is -0.508 e. The first kappa shape index (κ1) is 33.3. The Balaban J connectivity index is 1.26. The smallest absolute Gasteiger partial charge is 0.115 e. The average molecular weight is 687 g/mol. The molecule has 8 aromatic carbocycles. The van der Waals surface area contributed by atoms with Gasteiger partial charge in [0.2, 0.25) is 0 Å². The molecule has 53 heavy (non-hydrogen) atoms. The van der Waals surface area contributed by atoms with Crippen molar-refractivity contribution in [2.24, 2.45) is 0 Å². The number of hydrogen-bond donors (Lipinski definition) is 3. The molecule has 0 aliphatic carbocycles. The van der Waals surface area contributed by atoms with Crippen LogP contribution in [0.5, 0.6) is 17.2 Å². The van der Waals surface area contributed by atoms with Crippen molar-refractivity contribution in [3.05, 3.63) is 257 Å². The summed E-state index contributed by atoms with van der Waals surface area (Å²) in [6, 6.07) is 71.4. The minimum atomic E-state index is -0.722. The zero-order valence-electron chi connectivity index (χ0n) is 29.0. The molecule has 256 valence electrons. The molecule has 0 radical (unpaired) electrons. The van der Waals surface area contributed by atoms with Crippen LogP contribution in [0, 0.1) is 0 Å². The van der Waals surface area contributed by atoms with Gasteiger partial charge in [0.1, 0.15) is 17.2 Å². The fourth-order valence-electron chi connectivity index (χ4n) is 8.02. The summed E-state index contributed by atoms with van der Waals surface area (Å²) >= 11 is 0. The van der Waals surface area contributed by atoms with E-state index in [-0.39, 0.29) is 17.2 Å². The highest BCUT2D eigenvalue weighted by atomic mass is 16.3. The van der Waals surface area contributed by atoms with Crippen LogP contribution in [0.25, 0.3) is 11.1 Å². The van der Waals surface area contributed by atoms with Crippen molar-refractivity contribution in [3.8, 4) is 28.4 Å². The fourth-order valence-corrected chi connectivity index (χ4v) is 8.02. The Hall–Kier alpha value is -6.84. The molecular weight excluding hydrogens is 649 g/mol. The molecule has 0 amide bonds. The number of benzene rings is 8. The Morgan fingerprint density at radius 1 is 0.208 bits per heavy atom. The monoisotopic (exact) mass is 686 g/mol. The Bertz CT molecular complexity index is 2320. The molecule has 0 aliphatic heterocycles. The molecule has 8 aromatic rings. The maximum Gasteiger partial charge on any atom is 0.115 e. The summed E-state index contributed by atoms with van der Waals surface area (Å²) in [6.45, 7) is 0. The van der Waals surface area contributed by atoms with Gasteiger partial charge in [-0.2, -0.15) is 0 Å². The van der Waals surface area contributed by atoms with Crippen molar-refractivity contribution < 1.29 is 15.3 Å². The highest BCUT2D eigenvalue weighted by molar-refractivity contribution is 5.69. The van der Waals surface area contributed by atoms with Crippen LogP contribution >= 0.6 is 0 Å². The lowest BCUT2D eigenvalue weighted by Gasteiger charge is -2.37. The van der Waals surface area contributed by atoms with Crippen LogP contribution in [0.4, 0.5) is 0 Å². The first-order valence-electron chi connectivity index (χ1n) is 17.8. The van der Waals surface area contributed by atoms with Crippen molar-refractivity contribution in [1.29, 1.82) is 0 Å². The van der Waals surface area contributed by atoms with E-state index in [4.69, 9.17) is 0 Å². The number of phenols is 3. The second kappa shape index (κ2) is 14.1. The van der Waals surface area contributed by atoms with Crippen molar-refractivity contribution >= 4 is 0 Å². The summed E-state index contributed by atoms with van der Waals surface area (Å²) < 4.78 is 0. The van der Waals surface area contributed by atoms with Gasteiger partial charge < -0.3 is 15.3 Å². The van der Waals surface area contributed by atoms with E-state index >= 15 is 0 Å². The molecule has 3 N–H and O–H groups in total. The second-order valence-corrected chi connectivity index (χ2v) is 13.4. The molecule has 0 unspecified atom stereocenters. The van der Waals surface area contributed by atoms with E-state index < -0.39 is 10.8 Å². The normalized spacial score (nSPS) is 11.6. The van der Waals surface area contributed by atoms with Gasteiger partial charge in [-0.1, -0.05) is 176 Å². The molecule has 0 aromatic heterocycles. The number of aromatic hydroxyl groups is 3. The molecule has 8 rings (SSSR count). The van der Waals surface area contributed by atoms with Crippen molar-refractivity contribution in [3.63, 3.8) is 0 Å².